The van der Waals surface area contributed by atoms with E-state index in [-0.39, 0.29) is 0 Å². The minimum atomic E-state index is -0.544. The van der Waals surface area contributed by atoms with E-state index in [4.69, 9.17) is 5.73 Å². The smallest absolute Gasteiger partial charge is 0.220 e. The third-order valence-electron chi connectivity index (χ3n) is 5.74. The Balaban J connectivity index is 1.55. The summed E-state index contributed by atoms with van der Waals surface area (Å²) in [4.78, 5) is 13.4. The number of hydrogen-bond acceptors (Lipinski definition) is 6. The van der Waals surface area contributed by atoms with E-state index < -0.39 is 5.95 Å². The molecule has 158 valence electrons. The van der Waals surface area contributed by atoms with Gasteiger partial charge in [0.1, 0.15) is 0 Å². The highest BCUT2D eigenvalue weighted by molar-refractivity contribution is 7.15. The van der Waals surface area contributed by atoms with E-state index in [1.165, 1.54) is 10.4 Å². The number of hydrogen-bond donors (Lipinski definition) is 1. The third kappa shape index (κ3) is 3.73. The molecule has 0 aliphatic carbocycles. The third-order valence-corrected chi connectivity index (χ3v) is 7.03. The fourth-order valence-electron chi connectivity index (χ4n) is 3.99. The number of rotatable bonds is 4. The van der Waals surface area contributed by atoms with Gasteiger partial charge in [-0.15, -0.1) is 11.3 Å². The zero-order valence-electron chi connectivity index (χ0n) is 17.5. The van der Waals surface area contributed by atoms with Crippen molar-refractivity contribution in [2.75, 3.05) is 18.8 Å². The normalized spacial score (nSPS) is 14.0. The number of aromatic nitrogens is 4. The molecule has 8 heteroatoms. The van der Waals surface area contributed by atoms with E-state index in [1.807, 2.05) is 19.3 Å². The second-order valence-electron chi connectivity index (χ2n) is 7.80. The van der Waals surface area contributed by atoms with Crippen molar-refractivity contribution in [2.24, 2.45) is 7.05 Å². The van der Waals surface area contributed by atoms with Crippen LogP contribution < -0.4 is 5.73 Å². The fourth-order valence-corrected chi connectivity index (χ4v) is 5.13. The maximum absolute atomic E-state index is 14.8. The number of anilines is 1. The first-order valence-corrected chi connectivity index (χ1v) is 11.1. The van der Waals surface area contributed by atoms with Gasteiger partial charge in [0.2, 0.25) is 5.95 Å². The number of nitrogens with two attached hydrogens (primary N) is 1. The van der Waals surface area contributed by atoms with Gasteiger partial charge in [-0.25, -0.2) is 4.98 Å². The lowest BCUT2D eigenvalue weighted by Gasteiger charge is -2.24. The van der Waals surface area contributed by atoms with Gasteiger partial charge in [0, 0.05) is 64.5 Å². The van der Waals surface area contributed by atoms with Crippen LogP contribution in [0.15, 0.2) is 43.0 Å². The lowest BCUT2D eigenvalue weighted by atomic mass is 10.0. The predicted molar refractivity (Wildman–Crippen MR) is 122 cm³/mol. The van der Waals surface area contributed by atoms with Crippen molar-refractivity contribution in [1.82, 2.24) is 24.6 Å². The Morgan fingerprint density at radius 2 is 1.97 bits per heavy atom. The molecule has 1 aliphatic rings. The number of nitrogen functional groups attached to an aromatic ring is 1. The second kappa shape index (κ2) is 7.86. The number of thiophene rings is 1. The summed E-state index contributed by atoms with van der Waals surface area (Å²) in [5.74, 6) is -0.544. The molecule has 0 radical (unpaired) electrons. The van der Waals surface area contributed by atoms with Crippen molar-refractivity contribution in [3.8, 4) is 32.8 Å². The summed E-state index contributed by atoms with van der Waals surface area (Å²) in [5.41, 5.74) is 11.4. The summed E-state index contributed by atoms with van der Waals surface area (Å²) in [5, 5.41) is 4.19. The standard InChI is InChI=1S/C23H23FN6S/c1-3-30-5-4-21-15(13-30)7-22(31-21)14-6-18(23(24)27-9-14)17-8-20(26-11-19(17)25)16-10-28-29(2)12-16/h6-12H,3-5,13,25H2,1-2H3. The SMILES string of the molecule is CCN1CCc2sc(-c3cnc(F)c(-c4cc(-c5cnn(C)c5)ncc4N)c3)cc2C1. The molecule has 1 aliphatic heterocycles. The molecule has 0 atom stereocenters. The Bertz CT molecular complexity index is 1260. The molecule has 0 saturated carbocycles. The highest BCUT2D eigenvalue weighted by Crippen LogP contribution is 2.38. The van der Waals surface area contributed by atoms with Crippen molar-refractivity contribution >= 4 is 17.0 Å². The predicted octanol–water partition coefficient (Wildman–Crippen LogP) is 4.37. The maximum Gasteiger partial charge on any atom is 0.220 e. The quantitative estimate of drug-likeness (QED) is 0.483. The Morgan fingerprint density at radius 1 is 1.10 bits per heavy atom. The van der Waals surface area contributed by atoms with E-state index in [1.54, 1.807) is 40.7 Å². The van der Waals surface area contributed by atoms with E-state index in [0.717, 1.165) is 42.1 Å². The summed E-state index contributed by atoms with van der Waals surface area (Å²) in [6.45, 7) is 5.29. The first-order chi connectivity index (χ1) is 15.0. The summed E-state index contributed by atoms with van der Waals surface area (Å²) in [6.07, 6.45) is 7.81. The van der Waals surface area contributed by atoms with Crippen molar-refractivity contribution < 1.29 is 4.39 Å². The van der Waals surface area contributed by atoms with Gasteiger partial charge < -0.3 is 5.73 Å². The number of nitrogens with zero attached hydrogens (tertiary/aromatic N) is 5. The van der Waals surface area contributed by atoms with Crippen LogP contribution >= 0.6 is 11.3 Å². The summed E-state index contributed by atoms with van der Waals surface area (Å²) >= 11 is 1.77. The van der Waals surface area contributed by atoms with Crippen LogP contribution in [-0.2, 0) is 20.0 Å². The lowest BCUT2D eigenvalue weighted by molar-refractivity contribution is 0.270. The number of fused-ring (bicyclic) bond motifs is 1. The molecule has 0 fully saturated rings. The van der Waals surface area contributed by atoms with Crippen LogP contribution in [0, 0.1) is 5.95 Å². The number of pyridine rings is 2. The number of halogens is 1. The van der Waals surface area contributed by atoms with Gasteiger partial charge in [-0.05, 0) is 36.7 Å². The van der Waals surface area contributed by atoms with Crippen LogP contribution in [0.1, 0.15) is 17.4 Å². The molecule has 0 bridgehead atoms. The first-order valence-electron chi connectivity index (χ1n) is 10.3. The average Bonchev–Trinajstić information content (AvgIpc) is 3.40. The van der Waals surface area contributed by atoms with Crippen molar-refractivity contribution in [2.45, 2.75) is 19.9 Å². The molecule has 4 aromatic rings. The van der Waals surface area contributed by atoms with Crippen LogP contribution in [0.2, 0.25) is 0 Å². The first kappa shape index (κ1) is 19.8. The van der Waals surface area contributed by atoms with Gasteiger partial charge in [-0.2, -0.15) is 9.49 Å². The van der Waals surface area contributed by atoms with Crippen molar-refractivity contribution in [1.29, 1.82) is 0 Å². The Morgan fingerprint density at radius 3 is 2.74 bits per heavy atom. The zero-order chi connectivity index (χ0) is 21.5. The topological polar surface area (TPSA) is 72.9 Å². The molecule has 0 aromatic carbocycles. The maximum atomic E-state index is 14.8. The lowest BCUT2D eigenvalue weighted by Crippen LogP contribution is -2.29. The highest BCUT2D eigenvalue weighted by atomic mass is 32.1. The molecular formula is C23H23FN6S. The monoisotopic (exact) mass is 434 g/mol. The Kier molecular flexibility index (Phi) is 5.03. The number of likely N-dealkylation sites (N-methyl/N-ethyl adjacent to an activating group) is 1. The largest absolute Gasteiger partial charge is 0.397 e. The molecule has 0 unspecified atom stereocenters. The molecule has 4 aromatic heterocycles. The van der Waals surface area contributed by atoms with Gasteiger partial charge in [0.15, 0.2) is 0 Å². The minimum absolute atomic E-state index is 0.379. The Labute approximate surface area is 184 Å². The molecular weight excluding hydrogens is 411 g/mol. The van der Waals surface area contributed by atoms with E-state index in [9.17, 15) is 4.39 Å². The molecule has 0 saturated heterocycles. The van der Waals surface area contributed by atoms with E-state index in [2.05, 4.69) is 33.0 Å². The number of aryl methyl sites for hydroxylation is 1. The van der Waals surface area contributed by atoms with Gasteiger partial charge >= 0.3 is 0 Å². The summed E-state index contributed by atoms with van der Waals surface area (Å²) < 4.78 is 16.5. The van der Waals surface area contributed by atoms with E-state index >= 15 is 0 Å². The molecule has 0 spiro atoms. The van der Waals surface area contributed by atoms with Crippen LogP contribution in [0.25, 0.3) is 32.8 Å². The molecule has 5 rings (SSSR count). The molecule has 0 amide bonds. The Hall–Kier alpha value is -3.10. The van der Waals surface area contributed by atoms with Crippen molar-refractivity contribution in [3.63, 3.8) is 0 Å². The van der Waals surface area contributed by atoms with Crippen LogP contribution in [0.4, 0.5) is 10.1 Å². The minimum Gasteiger partial charge on any atom is -0.397 e. The van der Waals surface area contributed by atoms with Crippen LogP contribution in [0.5, 0.6) is 0 Å². The summed E-state index contributed by atoms with van der Waals surface area (Å²) in [7, 11) is 1.84. The summed E-state index contributed by atoms with van der Waals surface area (Å²) in [6, 6.07) is 5.86. The molecule has 31 heavy (non-hydrogen) atoms. The second-order valence-corrected chi connectivity index (χ2v) is 8.94. The average molecular weight is 435 g/mol. The molecule has 2 N–H and O–H groups in total. The van der Waals surface area contributed by atoms with Gasteiger partial charge in [0.25, 0.3) is 0 Å². The van der Waals surface area contributed by atoms with Crippen LogP contribution in [-0.4, -0.2) is 37.7 Å². The molecule has 6 nitrogen and oxygen atoms in total. The zero-order valence-corrected chi connectivity index (χ0v) is 18.3. The van der Waals surface area contributed by atoms with Gasteiger partial charge in [0.05, 0.1) is 23.8 Å². The van der Waals surface area contributed by atoms with Gasteiger partial charge in [-0.3, -0.25) is 14.6 Å². The van der Waals surface area contributed by atoms with E-state index in [0.29, 0.717) is 22.5 Å². The molecule has 5 heterocycles. The highest BCUT2D eigenvalue weighted by Gasteiger charge is 2.20. The van der Waals surface area contributed by atoms with Crippen LogP contribution in [0.3, 0.4) is 0 Å². The van der Waals surface area contributed by atoms with Gasteiger partial charge in [-0.1, -0.05) is 6.92 Å². The fraction of sp³-hybridized carbons (Fsp3) is 0.261. The van der Waals surface area contributed by atoms with Crippen molar-refractivity contribution in [3.05, 3.63) is 59.4 Å².